The minimum absolute atomic E-state index is 1.07. The molecule has 1 aliphatic carbocycles. The zero-order valence-electron chi connectivity index (χ0n) is 12.5. The number of nitrogens with zero attached hydrogens (tertiary/aromatic N) is 1. The smallest absolute Gasteiger partial charge is 0.0746 e. The van der Waals surface area contributed by atoms with Crippen LogP contribution in [0.2, 0.25) is 0 Å². The Hall–Kier alpha value is -2.67. The summed E-state index contributed by atoms with van der Waals surface area (Å²) in [5.41, 5.74) is 6.14. The Labute approximate surface area is 130 Å². The number of hydrogen-bond acceptors (Lipinski definition) is 1. The molecule has 1 aromatic heterocycles. The molecule has 4 rings (SSSR count). The Morgan fingerprint density at radius 3 is 2.45 bits per heavy atom. The van der Waals surface area contributed by atoms with Crippen molar-refractivity contribution in [2.24, 2.45) is 0 Å². The Bertz CT molecular complexity index is 883. The number of benzene rings is 2. The fraction of sp³-hybridized carbons (Fsp3) is 0.0476. The van der Waals surface area contributed by atoms with Crippen LogP contribution < -0.4 is 0 Å². The number of fused-ring (bicyclic) bond motifs is 1. The lowest BCUT2D eigenvalue weighted by Gasteiger charge is -2.13. The van der Waals surface area contributed by atoms with Crippen molar-refractivity contribution in [3.05, 3.63) is 102 Å². The summed E-state index contributed by atoms with van der Waals surface area (Å²) >= 11 is 0. The summed E-state index contributed by atoms with van der Waals surface area (Å²) in [5.74, 6) is 1.27. The van der Waals surface area contributed by atoms with E-state index in [-0.39, 0.29) is 0 Å². The number of rotatable bonds is 2. The summed E-state index contributed by atoms with van der Waals surface area (Å²) in [6, 6.07) is 21.0. The van der Waals surface area contributed by atoms with Gasteiger partial charge in [-0.2, -0.15) is 0 Å². The summed E-state index contributed by atoms with van der Waals surface area (Å²) in [4.78, 5) is 4.58. The van der Waals surface area contributed by atoms with E-state index in [4.69, 9.17) is 0 Å². The maximum Gasteiger partial charge on any atom is 0.0746 e. The third-order valence-electron chi connectivity index (χ3n) is 4.23. The van der Waals surface area contributed by atoms with Crippen molar-refractivity contribution in [3.8, 4) is 0 Å². The molecule has 0 fully saturated rings. The normalized spacial score (nSPS) is 15.0. The van der Waals surface area contributed by atoms with Gasteiger partial charge in [0.2, 0.25) is 0 Å². The van der Waals surface area contributed by atoms with Crippen molar-refractivity contribution in [1.29, 1.82) is 0 Å². The molecule has 0 atom stereocenters. The molecule has 105 valence electrons. The van der Waals surface area contributed by atoms with Crippen molar-refractivity contribution in [2.45, 2.75) is 6.92 Å². The monoisotopic (exact) mass is 282 g/mol. The molecule has 22 heavy (non-hydrogen) atoms. The molecule has 0 aliphatic heterocycles. The molecule has 0 N–H and O–H groups in total. The average Bonchev–Trinajstić information content (AvgIpc) is 2.96. The molecule has 0 saturated carbocycles. The molecule has 0 amide bonds. The third kappa shape index (κ3) is 2.06. The van der Waals surface area contributed by atoms with Gasteiger partial charge in [0.05, 0.1) is 11.4 Å². The highest BCUT2D eigenvalue weighted by molar-refractivity contribution is 5.91. The topological polar surface area (TPSA) is 12.9 Å². The lowest BCUT2D eigenvalue weighted by Crippen LogP contribution is -1.98. The van der Waals surface area contributed by atoms with E-state index in [1.54, 1.807) is 0 Å². The molecule has 1 radical (unpaired) electrons. The molecule has 3 aromatic rings. The zero-order chi connectivity index (χ0) is 14.9. The van der Waals surface area contributed by atoms with Gasteiger partial charge in [0.25, 0.3) is 0 Å². The molecular weight excluding hydrogens is 266 g/mol. The van der Waals surface area contributed by atoms with Gasteiger partial charge in [0, 0.05) is 11.6 Å². The molecule has 1 heteroatoms. The van der Waals surface area contributed by atoms with Crippen LogP contribution in [0.5, 0.6) is 0 Å². The number of allylic oxidation sites excluding steroid dienone is 4. The largest absolute Gasteiger partial charge is 0.256 e. The van der Waals surface area contributed by atoms with Crippen LogP contribution in [0, 0.1) is 5.92 Å². The quantitative estimate of drug-likeness (QED) is 0.629. The lowest BCUT2D eigenvalue weighted by atomic mass is 9.90. The highest BCUT2D eigenvalue weighted by Gasteiger charge is 2.22. The molecule has 0 bridgehead atoms. The van der Waals surface area contributed by atoms with Gasteiger partial charge >= 0.3 is 0 Å². The van der Waals surface area contributed by atoms with E-state index in [1.165, 1.54) is 33.6 Å². The molecule has 0 saturated heterocycles. The first-order valence-electron chi connectivity index (χ1n) is 7.50. The molecular formula is C21H16N. The number of aromatic nitrogens is 1. The van der Waals surface area contributed by atoms with Gasteiger partial charge in [-0.15, -0.1) is 0 Å². The summed E-state index contributed by atoms with van der Waals surface area (Å²) < 4.78 is 0. The first kappa shape index (κ1) is 13.0. The summed E-state index contributed by atoms with van der Waals surface area (Å²) in [6.45, 7) is 2.19. The van der Waals surface area contributed by atoms with E-state index in [1.807, 2.05) is 12.3 Å². The fourth-order valence-corrected chi connectivity index (χ4v) is 3.11. The van der Waals surface area contributed by atoms with Gasteiger partial charge in [0.1, 0.15) is 0 Å². The van der Waals surface area contributed by atoms with Crippen LogP contribution in [0.15, 0.2) is 84.6 Å². The maximum atomic E-state index is 4.58. The van der Waals surface area contributed by atoms with Crippen molar-refractivity contribution in [2.75, 3.05) is 0 Å². The molecule has 1 heterocycles. The Kier molecular flexibility index (Phi) is 3.12. The summed E-state index contributed by atoms with van der Waals surface area (Å²) in [7, 11) is 0. The fourth-order valence-electron chi connectivity index (χ4n) is 3.11. The molecule has 2 aromatic carbocycles. The van der Waals surface area contributed by atoms with E-state index in [2.05, 4.69) is 78.7 Å². The summed E-state index contributed by atoms with van der Waals surface area (Å²) in [6.07, 6.45) is 6.28. The van der Waals surface area contributed by atoms with Gasteiger partial charge in [-0.3, -0.25) is 4.98 Å². The van der Waals surface area contributed by atoms with Crippen LogP contribution in [0.1, 0.15) is 18.1 Å². The zero-order valence-corrected chi connectivity index (χ0v) is 12.5. The Morgan fingerprint density at radius 1 is 0.773 bits per heavy atom. The second-order valence-corrected chi connectivity index (χ2v) is 5.53. The van der Waals surface area contributed by atoms with E-state index in [0.717, 1.165) is 5.52 Å². The van der Waals surface area contributed by atoms with E-state index >= 15 is 0 Å². The predicted octanol–water partition coefficient (Wildman–Crippen LogP) is 5.20. The molecule has 1 aliphatic rings. The van der Waals surface area contributed by atoms with E-state index in [0.29, 0.717) is 0 Å². The van der Waals surface area contributed by atoms with Gasteiger partial charge in [-0.25, -0.2) is 0 Å². The first-order chi connectivity index (χ1) is 10.8. The maximum absolute atomic E-state index is 4.58. The van der Waals surface area contributed by atoms with Crippen LogP contribution in [-0.2, 0) is 0 Å². The van der Waals surface area contributed by atoms with Crippen molar-refractivity contribution in [3.63, 3.8) is 0 Å². The second kappa shape index (κ2) is 5.27. The van der Waals surface area contributed by atoms with Gasteiger partial charge in [-0.1, -0.05) is 66.7 Å². The van der Waals surface area contributed by atoms with Gasteiger partial charge in [0.15, 0.2) is 0 Å². The standard InChI is InChI=1S/C21H16N/c1-15-18(16-7-3-2-4-8-16)12-13-19(15)20-11-5-9-17-10-6-14-22-21(17)20/h2-14H,1H3. The third-order valence-corrected chi connectivity index (χ3v) is 4.23. The van der Waals surface area contributed by atoms with E-state index in [9.17, 15) is 0 Å². The van der Waals surface area contributed by atoms with Crippen molar-refractivity contribution < 1.29 is 0 Å². The van der Waals surface area contributed by atoms with Gasteiger partial charge < -0.3 is 0 Å². The first-order valence-corrected chi connectivity index (χ1v) is 7.50. The number of para-hydroxylation sites is 1. The Morgan fingerprint density at radius 2 is 1.59 bits per heavy atom. The van der Waals surface area contributed by atoms with Crippen LogP contribution in [0.4, 0.5) is 0 Å². The minimum Gasteiger partial charge on any atom is -0.256 e. The number of pyridine rings is 1. The Balaban J connectivity index is 1.84. The lowest BCUT2D eigenvalue weighted by molar-refractivity contribution is 1.26. The summed E-state index contributed by atoms with van der Waals surface area (Å²) in [5, 5.41) is 1.18. The molecule has 0 spiro atoms. The molecule has 0 unspecified atom stereocenters. The predicted molar refractivity (Wildman–Crippen MR) is 92.3 cm³/mol. The van der Waals surface area contributed by atoms with Crippen molar-refractivity contribution in [1.82, 2.24) is 4.98 Å². The average molecular weight is 282 g/mol. The second-order valence-electron chi connectivity index (χ2n) is 5.53. The highest BCUT2D eigenvalue weighted by atomic mass is 14.7. The van der Waals surface area contributed by atoms with Crippen LogP contribution in [-0.4, -0.2) is 4.98 Å². The van der Waals surface area contributed by atoms with Crippen LogP contribution in [0.25, 0.3) is 16.5 Å². The SMILES string of the molecule is CC1=C(c2ccccc2)C=C[C]1c1cccc2cccnc12. The van der Waals surface area contributed by atoms with Crippen LogP contribution >= 0.6 is 0 Å². The minimum atomic E-state index is 1.07. The van der Waals surface area contributed by atoms with Crippen LogP contribution in [0.3, 0.4) is 0 Å². The van der Waals surface area contributed by atoms with Gasteiger partial charge in [-0.05, 0) is 35.3 Å². The molecule has 1 nitrogen and oxygen atoms in total. The number of hydrogen-bond donors (Lipinski definition) is 0. The highest BCUT2D eigenvalue weighted by Crippen LogP contribution is 2.39. The van der Waals surface area contributed by atoms with E-state index < -0.39 is 0 Å². The van der Waals surface area contributed by atoms with Crippen molar-refractivity contribution >= 4 is 16.5 Å².